The molecule has 0 aliphatic heterocycles. The van der Waals surface area contributed by atoms with E-state index in [9.17, 15) is 24.6 Å². The quantitative estimate of drug-likeness (QED) is 0.0275. The Bertz CT molecular complexity index is 6580. The zero-order valence-corrected chi connectivity index (χ0v) is 97.3. The van der Waals surface area contributed by atoms with Crippen LogP contribution >= 0.6 is 11.3 Å². The Hall–Kier alpha value is -12.2. The van der Waals surface area contributed by atoms with Gasteiger partial charge in [0.25, 0.3) is 0 Å². The average Bonchev–Trinajstić information content (AvgIpc) is 1.64. The van der Waals surface area contributed by atoms with Crippen molar-refractivity contribution in [1.29, 1.82) is 0 Å². The maximum atomic E-state index is 11.7. The van der Waals surface area contributed by atoms with Gasteiger partial charge in [0.05, 0.1) is 40.1 Å². The number of aryl methyl sites for hydroxylation is 12. The molecule has 0 saturated carbocycles. The summed E-state index contributed by atoms with van der Waals surface area (Å²) >= 11 is 1.63. The predicted molar refractivity (Wildman–Crippen MR) is 584 cm³/mol. The minimum absolute atomic E-state index is 0. The Labute approximate surface area is 919 Å². The van der Waals surface area contributed by atoms with Crippen LogP contribution in [-0.4, -0.2) is 72.5 Å². The maximum absolute atomic E-state index is 11.7. The maximum Gasteiger partial charge on any atom is 2.00 e. The SMILES string of the molecule is CC(=O)C=C(C)O.CC(C)CC(=O)C=C(O)CC(C)C.CCC(CC)C(=O)C=C(O)C(CC)CC.Cc1[c-]c(-c2ncc(-c3c(C)cccc3C)nc2-c2cc(C)cc(C)c2)cc(C)c1.Cc1[c-]c(-c2ncc(-c3c(C)cccc3C)nc2-c2cc(C)cc(C)c2)cc(C)c1.[Ir].[Ir].[Ir].[Pt+2].[c-]1ccccc1-c1cccc(N(c2ccccc2)c2cccc(-c3[c-]cccc3)n2)n1.[c-]1ccccc1-c1ncnc2sccc12. The first kappa shape index (κ1) is 121. The van der Waals surface area contributed by atoms with E-state index in [0.29, 0.717) is 24.7 Å². The molecule has 3 radical (unpaired) electrons. The van der Waals surface area contributed by atoms with Crippen LogP contribution in [0.4, 0.5) is 17.3 Å². The zero-order chi connectivity index (χ0) is 102. The van der Waals surface area contributed by atoms with Crippen LogP contribution in [0.5, 0.6) is 0 Å². The van der Waals surface area contributed by atoms with E-state index < -0.39 is 0 Å². The Kier molecular flexibility index (Phi) is 50.8. The van der Waals surface area contributed by atoms with Crippen molar-refractivity contribution in [2.45, 2.75) is 191 Å². The molecule has 0 atom stereocenters. The standard InChI is InChI=1S/C28H19N3.2C28H27N2.C13H24O2.C12H7N2S.C11H20O2.C5H8O2.3Ir.Pt/c1-4-12-22(13-5-1)25-18-10-20-27(29-25)31(24-16-8-3-9-17-24)28-21-11-19-26(30-28)23-14-6-2-7-15-23;2*1-17-10-18(2)13-23(12-17)27-28(24-14-19(3)11-20(4)15-24)30-25(16-29-27)26-21(5)8-7-9-22(26)6;1-5-10(6-2)12(14)9-13(15)11(7-3)8-4;1-2-4-9(5-3-1)11-10-6-7-15-12(10)14-8-13-11;1-8(2)5-10(12)7-11(13)6-9(3)4;1-4(6)3-5(2)7;;;;/h1-12,14,16-21H;2*7-12,14-16H,1-6H3;9-11,14H,5-8H2,1-4H3;1-4,6-8H;7-9,12H,5-6H2,1-4H3;3,6H,1-2H3;;;;/q-2;2*-1;;-1;;;;;;+2. The molecule has 0 fully saturated rings. The Morgan fingerprint density at radius 1 is 0.393 bits per heavy atom. The largest absolute Gasteiger partial charge is 2.00 e. The van der Waals surface area contributed by atoms with Crippen LogP contribution in [0.15, 0.2) is 302 Å². The molecular formula is C125H132Ir3N9O6PtS-3. The Balaban J connectivity index is 0.000000269. The van der Waals surface area contributed by atoms with Crippen LogP contribution in [0.2, 0.25) is 0 Å². The van der Waals surface area contributed by atoms with Crippen molar-refractivity contribution in [1.82, 2.24) is 39.9 Å². The molecule has 0 saturated heterocycles. The number of hydrogen-bond donors (Lipinski definition) is 3. The van der Waals surface area contributed by atoms with E-state index in [1.165, 1.54) is 87.7 Å². The first-order valence-corrected chi connectivity index (χ1v) is 49.2. The number of allylic oxidation sites excluding steroid dienone is 6. The second-order valence-electron chi connectivity index (χ2n) is 36.5. The van der Waals surface area contributed by atoms with Crippen molar-refractivity contribution in [3.8, 4) is 101 Å². The van der Waals surface area contributed by atoms with Gasteiger partial charge < -0.3 is 25.3 Å². The van der Waals surface area contributed by atoms with Gasteiger partial charge in [-0.15, -0.1) is 189 Å². The van der Waals surface area contributed by atoms with Gasteiger partial charge in [0, 0.05) is 144 Å². The first-order chi connectivity index (χ1) is 67.6. The van der Waals surface area contributed by atoms with Crippen molar-refractivity contribution >= 4 is 56.2 Å². The summed E-state index contributed by atoms with van der Waals surface area (Å²) in [6, 6.07) is 98.9. The molecule has 0 bridgehead atoms. The van der Waals surface area contributed by atoms with E-state index >= 15 is 0 Å². The van der Waals surface area contributed by atoms with Crippen molar-refractivity contribution in [2.24, 2.45) is 23.7 Å². The third kappa shape index (κ3) is 36.7. The summed E-state index contributed by atoms with van der Waals surface area (Å²) < 4.78 is 0. The normalized spacial score (nSPS) is 10.9. The third-order valence-electron chi connectivity index (χ3n) is 23.0. The third-order valence-corrected chi connectivity index (χ3v) is 23.8. The Morgan fingerprint density at radius 3 is 1.18 bits per heavy atom. The molecule has 0 amide bonds. The van der Waals surface area contributed by atoms with Crippen molar-refractivity contribution < 1.29 is 111 Å². The first-order valence-electron chi connectivity index (χ1n) is 48.3. The molecular weight excluding hydrogens is 2530 g/mol. The van der Waals surface area contributed by atoms with Gasteiger partial charge in [-0.05, 0) is 198 Å². The molecule has 6 aromatic heterocycles. The summed E-state index contributed by atoms with van der Waals surface area (Å²) in [4.78, 5) is 74.7. The molecule has 10 aromatic carbocycles. The molecule has 0 aliphatic rings. The molecule has 15 nitrogen and oxygen atoms in total. The molecule has 6 heterocycles. The second kappa shape index (κ2) is 60.6. The average molecular weight is 2660 g/mol. The zero-order valence-electron chi connectivity index (χ0n) is 87.0. The van der Waals surface area contributed by atoms with Crippen molar-refractivity contribution in [3.05, 3.63) is 399 Å². The van der Waals surface area contributed by atoms with Gasteiger partial charge in [0.1, 0.15) is 22.8 Å². The number of benzene rings is 10. The topological polar surface area (TPSA) is 218 Å². The van der Waals surface area contributed by atoms with Crippen molar-refractivity contribution in [3.63, 3.8) is 0 Å². The van der Waals surface area contributed by atoms with Gasteiger partial charge in [0.2, 0.25) is 0 Å². The number of nitrogens with zero attached hydrogens (tertiary/aromatic N) is 9. The molecule has 16 rings (SSSR count). The van der Waals surface area contributed by atoms with E-state index in [1.54, 1.807) is 17.7 Å². The summed E-state index contributed by atoms with van der Waals surface area (Å²) in [5.74, 6) is 3.05. The number of aliphatic hydroxyl groups is 3. The fourth-order valence-corrected chi connectivity index (χ4v) is 17.5. The van der Waals surface area contributed by atoms with Crippen LogP contribution in [0.3, 0.4) is 0 Å². The molecule has 3 N–H and O–H groups in total. The number of fused-ring (bicyclic) bond motifs is 1. The number of carbonyl (C=O) groups is 3. The van der Waals surface area contributed by atoms with Crippen LogP contribution in [0, 0.1) is 137 Å². The van der Waals surface area contributed by atoms with Gasteiger partial charge in [-0.2, -0.15) is 0 Å². The van der Waals surface area contributed by atoms with E-state index in [1.807, 2.05) is 201 Å². The van der Waals surface area contributed by atoms with Gasteiger partial charge >= 0.3 is 21.1 Å². The smallest absolute Gasteiger partial charge is 0.512 e. The van der Waals surface area contributed by atoms with Crippen LogP contribution < -0.4 is 4.90 Å². The second-order valence-corrected chi connectivity index (χ2v) is 37.4. The fourth-order valence-electron chi connectivity index (χ4n) is 16.7. The predicted octanol–water partition coefficient (Wildman–Crippen LogP) is 32.3. The number of anilines is 3. The number of hydrogen-bond acceptors (Lipinski definition) is 16. The number of rotatable bonds is 25. The summed E-state index contributed by atoms with van der Waals surface area (Å²) in [6.07, 6.45) is 14.0. The number of pyridine rings is 2. The minimum atomic E-state index is -0.125. The Morgan fingerprint density at radius 2 is 0.800 bits per heavy atom. The fraction of sp³-hybridized carbons (Fsp3) is 0.256. The van der Waals surface area contributed by atoms with E-state index in [2.05, 4.69) is 244 Å². The summed E-state index contributed by atoms with van der Waals surface area (Å²) in [6.45, 7) is 44.3. The van der Waals surface area contributed by atoms with Gasteiger partial charge in [-0.1, -0.05) is 221 Å². The summed E-state index contributed by atoms with van der Waals surface area (Å²) in [5.41, 5.74) is 32.8. The molecule has 20 heteroatoms. The number of ketones is 3. The summed E-state index contributed by atoms with van der Waals surface area (Å²) in [5, 5.41) is 30.6. The number of aromatic nitrogens is 8. The monoisotopic (exact) mass is 2660 g/mol. The van der Waals surface area contributed by atoms with E-state index in [4.69, 9.17) is 35.0 Å². The number of carbonyl (C=O) groups excluding carboxylic acids is 3. The molecule has 0 spiro atoms. The minimum Gasteiger partial charge on any atom is -0.512 e. The number of para-hydroxylation sites is 1. The van der Waals surface area contributed by atoms with E-state index in [-0.39, 0.29) is 128 Å². The van der Waals surface area contributed by atoms with Crippen LogP contribution in [-0.2, 0) is 95.8 Å². The molecule has 0 aliphatic carbocycles. The number of thiophene rings is 1. The summed E-state index contributed by atoms with van der Waals surface area (Å²) in [7, 11) is 0. The van der Waals surface area contributed by atoms with Gasteiger partial charge in [0.15, 0.2) is 17.3 Å². The van der Waals surface area contributed by atoms with E-state index in [0.717, 1.165) is 166 Å². The number of aliphatic hydroxyl groups excluding tert-OH is 3. The molecule has 759 valence electrons. The molecule has 145 heavy (non-hydrogen) atoms. The van der Waals surface area contributed by atoms with Crippen molar-refractivity contribution in [2.75, 3.05) is 4.90 Å². The van der Waals surface area contributed by atoms with Gasteiger partial charge in [-0.25, -0.2) is 4.98 Å². The molecule has 0 unspecified atom stereocenters. The molecule has 16 aromatic rings. The van der Waals surface area contributed by atoms with Gasteiger partial charge in [-0.3, -0.25) is 44.2 Å². The van der Waals surface area contributed by atoms with Crippen LogP contribution in [0.25, 0.3) is 112 Å². The van der Waals surface area contributed by atoms with Crippen LogP contribution in [0.1, 0.15) is 175 Å².